The van der Waals surface area contributed by atoms with E-state index in [1.54, 1.807) is 17.2 Å². The number of amides is 2. The van der Waals surface area contributed by atoms with E-state index in [-0.39, 0.29) is 24.3 Å². The molecule has 4 rings (SSSR count). The summed E-state index contributed by atoms with van der Waals surface area (Å²) >= 11 is 6.20. The van der Waals surface area contributed by atoms with Gasteiger partial charge in [-0.15, -0.1) is 0 Å². The number of fused-ring (bicyclic) bond motifs is 1. The van der Waals surface area contributed by atoms with E-state index in [1.165, 1.54) is 6.92 Å². The Morgan fingerprint density at radius 2 is 1.90 bits per heavy atom. The Bertz CT molecular complexity index is 966. The van der Waals surface area contributed by atoms with Crippen molar-refractivity contribution in [3.05, 3.63) is 64.8 Å². The Kier molecular flexibility index (Phi) is 5.58. The number of carbonyl (C=O) groups is 2. The molecule has 2 amide bonds. The number of nitrogens with one attached hydrogen (secondary N) is 1. The lowest BCUT2D eigenvalue weighted by molar-refractivity contribution is -0.129. The molecule has 1 saturated heterocycles. The van der Waals surface area contributed by atoms with Gasteiger partial charge in [-0.2, -0.15) is 0 Å². The van der Waals surface area contributed by atoms with E-state index in [0.29, 0.717) is 5.02 Å². The molecular formula is C23H24ClN3O2. The van der Waals surface area contributed by atoms with Gasteiger partial charge in [0.1, 0.15) is 0 Å². The topological polar surface area (TPSA) is 52.7 Å². The summed E-state index contributed by atoms with van der Waals surface area (Å²) in [6.45, 7) is 3.47. The first kappa shape index (κ1) is 19.5. The van der Waals surface area contributed by atoms with Gasteiger partial charge in [0, 0.05) is 31.2 Å². The van der Waals surface area contributed by atoms with Gasteiger partial charge < -0.3 is 15.1 Å². The Morgan fingerprint density at radius 1 is 1.14 bits per heavy atom. The zero-order chi connectivity index (χ0) is 20.4. The first-order valence-electron chi connectivity index (χ1n) is 9.93. The molecule has 0 saturated carbocycles. The second-order valence-corrected chi connectivity index (χ2v) is 7.93. The molecule has 1 fully saturated rings. The van der Waals surface area contributed by atoms with E-state index >= 15 is 0 Å². The van der Waals surface area contributed by atoms with Crippen LogP contribution in [0.3, 0.4) is 0 Å². The van der Waals surface area contributed by atoms with Crippen molar-refractivity contribution in [3.8, 4) is 0 Å². The van der Waals surface area contributed by atoms with Crippen LogP contribution in [-0.4, -0.2) is 29.8 Å². The second-order valence-electron chi connectivity index (χ2n) is 7.49. The van der Waals surface area contributed by atoms with E-state index in [9.17, 15) is 9.59 Å². The maximum absolute atomic E-state index is 13.0. The number of benzene rings is 2. The lowest BCUT2D eigenvalue weighted by atomic mass is 9.93. The van der Waals surface area contributed by atoms with Gasteiger partial charge in [0.05, 0.1) is 23.8 Å². The third-order valence-electron chi connectivity index (χ3n) is 5.53. The lowest BCUT2D eigenvalue weighted by Crippen LogP contribution is -2.33. The number of nitrogens with zero attached hydrogens (tertiary/aromatic N) is 2. The Balaban J connectivity index is 1.57. The highest BCUT2D eigenvalue weighted by Gasteiger charge is 2.28. The summed E-state index contributed by atoms with van der Waals surface area (Å²) < 4.78 is 0. The lowest BCUT2D eigenvalue weighted by Gasteiger charge is -2.32. The summed E-state index contributed by atoms with van der Waals surface area (Å²) in [5, 5.41) is 3.62. The minimum absolute atomic E-state index is 0.0888. The fourth-order valence-electron chi connectivity index (χ4n) is 4.13. The molecule has 2 aromatic rings. The zero-order valence-corrected chi connectivity index (χ0v) is 17.2. The summed E-state index contributed by atoms with van der Waals surface area (Å²) in [5.74, 6) is -0.233. The van der Waals surface area contributed by atoms with Crippen LogP contribution in [0.5, 0.6) is 0 Å². The van der Waals surface area contributed by atoms with Gasteiger partial charge in [0.15, 0.2) is 0 Å². The van der Waals surface area contributed by atoms with Gasteiger partial charge in [0.2, 0.25) is 11.8 Å². The molecule has 29 heavy (non-hydrogen) atoms. The van der Waals surface area contributed by atoms with Gasteiger partial charge in [-0.05, 0) is 48.2 Å². The van der Waals surface area contributed by atoms with Crippen LogP contribution < -0.4 is 10.2 Å². The molecule has 0 unspecified atom stereocenters. The summed E-state index contributed by atoms with van der Waals surface area (Å²) in [5.41, 5.74) is 3.72. The first-order valence-corrected chi connectivity index (χ1v) is 10.3. The fourth-order valence-corrected chi connectivity index (χ4v) is 4.30. The summed E-state index contributed by atoms with van der Waals surface area (Å²) in [6.07, 6.45) is 6.14. The highest BCUT2D eigenvalue weighted by molar-refractivity contribution is 6.31. The SMILES string of the molecule is CC(=O)N1C=Cc2ccccc2[C@H]1CC(=O)Nc1cc(Cl)ccc1N1CCCC1. The molecule has 0 radical (unpaired) electrons. The molecule has 0 spiro atoms. The van der Waals surface area contributed by atoms with Crippen molar-refractivity contribution in [1.29, 1.82) is 0 Å². The van der Waals surface area contributed by atoms with Crippen molar-refractivity contribution in [2.45, 2.75) is 32.2 Å². The van der Waals surface area contributed by atoms with Gasteiger partial charge >= 0.3 is 0 Å². The van der Waals surface area contributed by atoms with E-state index in [4.69, 9.17) is 11.6 Å². The number of rotatable bonds is 4. The molecule has 2 aromatic carbocycles. The highest BCUT2D eigenvalue weighted by atomic mass is 35.5. The molecule has 2 aliphatic rings. The van der Waals surface area contributed by atoms with Crippen molar-refractivity contribution in [2.75, 3.05) is 23.3 Å². The van der Waals surface area contributed by atoms with E-state index in [1.807, 2.05) is 42.5 Å². The maximum Gasteiger partial charge on any atom is 0.226 e. The Morgan fingerprint density at radius 3 is 2.66 bits per heavy atom. The Hall–Kier alpha value is -2.79. The number of hydrogen-bond donors (Lipinski definition) is 1. The average Bonchev–Trinajstić information content (AvgIpc) is 3.22. The summed E-state index contributed by atoms with van der Waals surface area (Å²) in [7, 11) is 0. The van der Waals surface area contributed by atoms with E-state index < -0.39 is 0 Å². The van der Waals surface area contributed by atoms with Crippen LogP contribution in [0, 0.1) is 0 Å². The molecule has 6 heteroatoms. The third kappa shape index (κ3) is 4.15. The fraction of sp³-hybridized carbons (Fsp3) is 0.304. The molecule has 1 atom stereocenters. The summed E-state index contributed by atoms with van der Waals surface area (Å²) in [4.78, 5) is 29.0. The number of halogens is 1. The summed E-state index contributed by atoms with van der Waals surface area (Å²) in [6, 6.07) is 13.1. The van der Waals surface area contributed by atoms with Crippen molar-refractivity contribution in [1.82, 2.24) is 4.90 Å². The standard InChI is InChI=1S/C23H24ClN3O2/c1-16(28)27-13-10-17-6-2-3-7-19(17)22(27)15-23(29)25-20-14-18(24)8-9-21(20)26-11-4-5-12-26/h2-3,6-10,13-14,22H,4-5,11-12,15H2,1H3,(H,25,29)/t22-/m1/s1. The van der Waals surface area contributed by atoms with Gasteiger partial charge in [0.25, 0.3) is 0 Å². The molecule has 150 valence electrons. The molecule has 0 bridgehead atoms. The number of anilines is 2. The van der Waals surface area contributed by atoms with Crippen molar-refractivity contribution in [2.24, 2.45) is 0 Å². The molecule has 2 aliphatic heterocycles. The van der Waals surface area contributed by atoms with Crippen LogP contribution >= 0.6 is 11.6 Å². The molecule has 1 N–H and O–H groups in total. The molecule has 0 aromatic heterocycles. The van der Waals surface area contributed by atoms with Gasteiger partial charge in [-0.1, -0.05) is 35.9 Å². The largest absolute Gasteiger partial charge is 0.370 e. The van der Waals surface area contributed by atoms with Crippen molar-refractivity contribution in [3.63, 3.8) is 0 Å². The number of carbonyl (C=O) groups excluding carboxylic acids is 2. The normalized spacial score (nSPS) is 17.9. The van der Waals surface area contributed by atoms with Crippen molar-refractivity contribution >= 4 is 40.9 Å². The predicted octanol–water partition coefficient (Wildman–Crippen LogP) is 4.84. The smallest absolute Gasteiger partial charge is 0.226 e. The molecule has 5 nitrogen and oxygen atoms in total. The third-order valence-corrected chi connectivity index (χ3v) is 5.76. The van der Waals surface area contributed by atoms with Crippen LogP contribution in [-0.2, 0) is 9.59 Å². The highest BCUT2D eigenvalue weighted by Crippen LogP contribution is 2.35. The van der Waals surface area contributed by atoms with Gasteiger partial charge in [-0.25, -0.2) is 0 Å². The number of hydrogen-bond acceptors (Lipinski definition) is 3. The Labute approximate surface area is 175 Å². The van der Waals surface area contributed by atoms with Crippen LogP contribution in [0.25, 0.3) is 6.08 Å². The van der Waals surface area contributed by atoms with E-state index in [2.05, 4.69) is 10.2 Å². The molecule has 0 aliphatic carbocycles. The second kappa shape index (κ2) is 8.29. The average molecular weight is 410 g/mol. The van der Waals surface area contributed by atoms with Gasteiger partial charge in [-0.3, -0.25) is 9.59 Å². The van der Waals surface area contributed by atoms with E-state index in [0.717, 1.165) is 48.4 Å². The quantitative estimate of drug-likeness (QED) is 0.785. The zero-order valence-electron chi connectivity index (χ0n) is 16.4. The van der Waals surface area contributed by atoms with Crippen LogP contribution in [0.15, 0.2) is 48.7 Å². The van der Waals surface area contributed by atoms with Crippen LogP contribution in [0.4, 0.5) is 11.4 Å². The minimum atomic E-state index is -0.330. The van der Waals surface area contributed by atoms with Crippen LogP contribution in [0.1, 0.15) is 43.4 Å². The predicted molar refractivity (Wildman–Crippen MR) is 117 cm³/mol. The monoisotopic (exact) mass is 409 g/mol. The maximum atomic E-state index is 13.0. The molecular weight excluding hydrogens is 386 g/mol. The first-order chi connectivity index (χ1) is 14.0. The minimum Gasteiger partial charge on any atom is -0.370 e. The van der Waals surface area contributed by atoms with Crippen LogP contribution in [0.2, 0.25) is 5.02 Å². The molecule has 2 heterocycles. The van der Waals surface area contributed by atoms with Crippen molar-refractivity contribution < 1.29 is 9.59 Å².